The number of carbonyl (C=O) groups is 2. The van der Waals surface area contributed by atoms with E-state index in [1.54, 1.807) is 30.3 Å². The molecule has 1 aliphatic heterocycles. The second-order valence-corrected chi connectivity index (χ2v) is 8.76. The van der Waals surface area contributed by atoms with Crippen LogP contribution in [0.15, 0.2) is 46.7 Å². The van der Waals surface area contributed by atoms with Crippen LogP contribution in [0.2, 0.25) is 0 Å². The zero-order valence-corrected chi connectivity index (χ0v) is 15.4. The number of carboxylic acids is 1. The zero-order chi connectivity index (χ0) is 18.7. The lowest BCUT2D eigenvalue weighted by Gasteiger charge is -2.14. The summed E-state index contributed by atoms with van der Waals surface area (Å²) >= 11 is 0.981. The fraction of sp³-hybridized carbons (Fsp3) is 0.294. The van der Waals surface area contributed by atoms with Gasteiger partial charge in [-0.1, -0.05) is 30.3 Å². The van der Waals surface area contributed by atoms with E-state index in [1.165, 1.54) is 15.8 Å². The molecule has 0 radical (unpaired) electrons. The number of thiophene rings is 1. The van der Waals surface area contributed by atoms with E-state index in [-0.39, 0.29) is 9.77 Å². The van der Waals surface area contributed by atoms with Gasteiger partial charge in [0, 0.05) is 18.5 Å². The van der Waals surface area contributed by atoms with Crippen molar-refractivity contribution in [1.29, 1.82) is 0 Å². The highest BCUT2D eigenvalue weighted by atomic mass is 32.2. The van der Waals surface area contributed by atoms with Crippen LogP contribution in [0.1, 0.15) is 34.1 Å². The predicted molar refractivity (Wildman–Crippen MR) is 96.6 cm³/mol. The molecule has 2 aromatic rings. The second kappa shape index (κ2) is 7.56. The molecule has 3 rings (SSSR count). The number of amides is 1. The molecule has 0 aliphatic carbocycles. The van der Waals surface area contributed by atoms with Gasteiger partial charge >= 0.3 is 5.97 Å². The van der Waals surface area contributed by atoms with Crippen LogP contribution in [0.4, 0.5) is 0 Å². The number of aliphatic carboxylic acids is 1. The number of benzene rings is 1. The molecule has 1 unspecified atom stereocenters. The fourth-order valence-corrected chi connectivity index (χ4v) is 5.47. The van der Waals surface area contributed by atoms with Crippen molar-refractivity contribution in [3.63, 3.8) is 0 Å². The Morgan fingerprint density at radius 1 is 1.15 bits per heavy atom. The molecular formula is C17H18N2O5S2. The van der Waals surface area contributed by atoms with Crippen molar-refractivity contribution in [3.05, 3.63) is 52.2 Å². The Balaban J connectivity index is 1.78. The number of hydrogen-bond donors (Lipinski definition) is 2. The highest BCUT2D eigenvalue weighted by Gasteiger charge is 2.29. The average Bonchev–Trinajstić information content (AvgIpc) is 3.31. The molecule has 1 fully saturated rings. The Morgan fingerprint density at radius 2 is 1.81 bits per heavy atom. The van der Waals surface area contributed by atoms with Crippen molar-refractivity contribution >= 4 is 33.2 Å². The molecule has 1 atom stereocenters. The second-order valence-electron chi connectivity index (χ2n) is 5.91. The monoisotopic (exact) mass is 394 g/mol. The molecule has 7 nitrogen and oxygen atoms in total. The molecule has 1 amide bonds. The maximum absolute atomic E-state index is 12.5. The number of nitrogens with zero attached hydrogens (tertiary/aromatic N) is 1. The summed E-state index contributed by atoms with van der Waals surface area (Å²) in [6, 6.07) is 8.43. The van der Waals surface area contributed by atoms with Gasteiger partial charge in [-0.3, -0.25) is 4.79 Å². The number of hydrogen-bond acceptors (Lipinski definition) is 5. The van der Waals surface area contributed by atoms with Gasteiger partial charge in [-0.25, -0.2) is 13.2 Å². The molecule has 1 aromatic carbocycles. The number of carbonyl (C=O) groups excluding carboxylic acids is 1. The van der Waals surface area contributed by atoms with Gasteiger partial charge in [-0.15, -0.1) is 11.3 Å². The van der Waals surface area contributed by atoms with Crippen LogP contribution in [-0.2, 0) is 14.8 Å². The molecule has 0 spiro atoms. The van der Waals surface area contributed by atoms with Gasteiger partial charge < -0.3 is 10.4 Å². The van der Waals surface area contributed by atoms with Crippen LogP contribution in [0.3, 0.4) is 0 Å². The number of sulfonamides is 1. The van der Waals surface area contributed by atoms with Gasteiger partial charge in [-0.2, -0.15) is 4.31 Å². The summed E-state index contributed by atoms with van der Waals surface area (Å²) < 4.78 is 26.5. The normalized spacial score (nSPS) is 16.3. The van der Waals surface area contributed by atoms with E-state index in [9.17, 15) is 23.1 Å². The first-order valence-electron chi connectivity index (χ1n) is 8.07. The lowest BCUT2D eigenvalue weighted by Crippen LogP contribution is -2.33. The maximum Gasteiger partial charge on any atom is 0.330 e. The summed E-state index contributed by atoms with van der Waals surface area (Å²) in [7, 11) is -3.60. The van der Waals surface area contributed by atoms with Crippen molar-refractivity contribution in [3.8, 4) is 0 Å². The lowest BCUT2D eigenvalue weighted by molar-refractivity contribution is -0.139. The third-order valence-corrected chi connectivity index (χ3v) is 7.11. The van der Waals surface area contributed by atoms with Gasteiger partial charge in [0.25, 0.3) is 5.91 Å². The molecule has 138 valence electrons. The van der Waals surface area contributed by atoms with Gasteiger partial charge in [0.1, 0.15) is 0 Å². The zero-order valence-electron chi connectivity index (χ0n) is 13.8. The summed E-state index contributed by atoms with van der Waals surface area (Å²) in [4.78, 5) is 24.1. The summed E-state index contributed by atoms with van der Waals surface area (Å²) in [5, 5.41) is 13.3. The van der Waals surface area contributed by atoms with E-state index < -0.39 is 27.9 Å². The van der Waals surface area contributed by atoms with Crippen molar-refractivity contribution in [2.75, 3.05) is 13.1 Å². The Labute approximate surface area is 155 Å². The van der Waals surface area contributed by atoms with Gasteiger partial charge in [0.15, 0.2) is 6.04 Å². The standard InChI is InChI=1S/C17H18N2O5S2/c20-16(18-15(17(21)22)12-6-2-1-3-7-12)14-10-13(11-25-14)26(23,24)19-8-4-5-9-19/h1-3,6-7,10-11,15H,4-5,8-9H2,(H,18,20)(H,21,22). The Bertz CT molecular complexity index is 902. The first-order chi connectivity index (χ1) is 12.4. The van der Waals surface area contributed by atoms with E-state index >= 15 is 0 Å². The molecule has 1 aliphatic rings. The highest BCUT2D eigenvalue weighted by molar-refractivity contribution is 7.89. The van der Waals surface area contributed by atoms with Crippen LogP contribution < -0.4 is 5.32 Å². The third kappa shape index (κ3) is 3.79. The van der Waals surface area contributed by atoms with E-state index in [4.69, 9.17) is 0 Å². The van der Waals surface area contributed by atoms with E-state index in [0.717, 1.165) is 24.2 Å². The summed E-state index contributed by atoms with van der Waals surface area (Å²) in [6.45, 7) is 0.962. The summed E-state index contributed by atoms with van der Waals surface area (Å²) in [6.07, 6.45) is 1.65. The smallest absolute Gasteiger partial charge is 0.330 e. The number of carboxylic acid groups (broad SMARTS) is 1. The van der Waals surface area contributed by atoms with Crippen LogP contribution in [0, 0.1) is 0 Å². The van der Waals surface area contributed by atoms with Gasteiger partial charge in [0.05, 0.1) is 9.77 Å². The van der Waals surface area contributed by atoms with E-state index in [1.807, 2.05) is 0 Å². The minimum absolute atomic E-state index is 0.0705. The first kappa shape index (κ1) is 18.6. The van der Waals surface area contributed by atoms with Crippen LogP contribution in [0.25, 0.3) is 0 Å². The summed E-state index contributed by atoms with van der Waals surface area (Å²) in [5.74, 6) is -1.81. The van der Waals surface area contributed by atoms with Crippen LogP contribution in [0.5, 0.6) is 0 Å². The van der Waals surface area contributed by atoms with E-state index in [2.05, 4.69) is 5.32 Å². The van der Waals surface area contributed by atoms with Crippen molar-refractivity contribution < 1.29 is 23.1 Å². The van der Waals surface area contributed by atoms with Crippen molar-refractivity contribution in [2.45, 2.75) is 23.8 Å². The molecule has 9 heteroatoms. The molecule has 2 heterocycles. The Hall–Kier alpha value is -2.23. The SMILES string of the molecule is O=C(NC(C(=O)O)c1ccccc1)c1cc(S(=O)(=O)N2CCCC2)cs1. The molecule has 0 saturated carbocycles. The van der Waals surface area contributed by atoms with E-state index in [0.29, 0.717) is 18.7 Å². The van der Waals surface area contributed by atoms with Crippen molar-refractivity contribution in [2.24, 2.45) is 0 Å². The number of rotatable bonds is 6. The van der Waals surface area contributed by atoms with Gasteiger partial charge in [0.2, 0.25) is 10.0 Å². The van der Waals surface area contributed by atoms with Crippen molar-refractivity contribution in [1.82, 2.24) is 9.62 Å². The quantitative estimate of drug-likeness (QED) is 0.781. The minimum Gasteiger partial charge on any atom is -0.479 e. The largest absolute Gasteiger partial charge is 0.479 e. The predicted octanol–water partition coefficient (Wildman–Crippen LogP) is 2.09. The maximum atomic E-state index is 12.5. The Kier molecular flexibility index (Phi) is 5.40. The Morgan fingerprint density at radius 3 is 2.42 bits per heavy atom. The molecular weight excluding hydrogens is 376 g/mol. The molecule has 1 aromatic heterocycles. The molecule has 1 saturated heterocycles. The average molecular weight is 394 g/mol. The fourth-order valence-electron chi connectivity index (χ4n) is 2.79. The van der Waals surface area contributed by atoms with Crippen LogP contribution >= 0.6 is 11.3 Å². The minimum atomic E-state index is -3.60. The first-order valence-corrected chi connectivity index (χ1v) is 10.4. The third-order valence-electron chi connectivity index (χ3n) is 4.16. The van der Waals surface area contributed by atoms with Crippen LogP contribution in [-0.4, -0.2) is 42.8 Å². The number of nitrogens with one attached hydrogen (secondary N) is 1. The summed E-state index contributed by atoms with van der Waals surface area (Å²) in [5.41, 5.74) is 0.440. The molecule has 0 bridgehead atoms. The van der Waals surface area contributed by atoms with Gasteiger partial charge in [-0.05, 0) is 24.5 Å². The molecule has 2 N–H and O–H groups in total. The molecule has 26 heavy (non-hydrogen) atoms. The highest BCUT2D eigenvalue weighted by Crippen LogP contribution is 2.26. The topological polar surface area (TPSA) is 104 Å². The lowest BCUT2D eigenvalue weighted by atomic mass is 10.1.